The Kier molecular flexibility index (Phi) is 7.31. The quantitative estimate of drug-likeness (QED) is 0.652. The number of carbonyl (C=O) groups is 4. The fourth-order valence-electron chi connectivity index (χ4n) is 1.50. The second-order valence-electron chi connectivity index (χ2n) is 5.95. The van der Waals surface area contributed by atoms with E-state index in [0.717, 1.165) is 0 Å². The number of nitrogens with one attached hydrogen (secondary N) is 3. The SMILES string of the molecule is CC(C)(C)NC(=O)NC(=O)COC(=O)CNC(=O)c1cc(Cl)ccn1. The predicted octanol–water partition coefficient (Wildman–Crippen LogP) is 0.632. The molecule has 10 heteroatoms. The van der Waals surface area contributed by atoms with Crippen LogP contribution in [0.3, 0.4) is 0 Å². The fraction of sp³-hybridized carbons (Fsp3) is 0.400. The molecule has 0 aromatic carbocycles. The first-order chi connectivity index (χ1) is 11.6. The molecule has 0 atom stereocenters. The van der Waals surface area contributed by atoms with Gasteiger partial charge >= 0.3 is 12.0 Å². The van der Waals surface area contributed by atoms with Gasteiger partial charge in [-0.15, -0.1) is 0 Å². The minimum absolute atomic E-state index is 0.0388. The van der Waals surface area contributed by atoms with Crippen LogP contribution in [0, 0.1) is 0 Å². The standard InChI is InChI=1S/C15H19ClN4O5/c1-15(2,3)20-14(24)19-11(21)8-25-12(22)7-18-13(23)10-6-9(16)4-5-17-10/h4-6H,7-8H2,1-3H3,(H,18,23)(H2,19,20,21,24). The van der Waals surface area contributed by atoms with E-state index in [1.807, 2.05) is 5.32 Å². The van der Waals surface area contributed by atoms with E-state index in [4.69, 9.17) is 11.6 Å². The van der Waals surface area contributed by atoms with Crippen molar-refractivity contribution in [3.63, 3.8) is 0 Å². The normalized spacial score (nSPS) is 10.6. The van der Waals surface area contributed by atoms with Gasteiger partial charge in [0.25, 0.3) is 11.8 Å². The molecule has 1 rings (SSSR count). The molecular weight excluding hydrogens is 352 g/mol. The zero-order valence-electron chi connectivity index (χ0n) is 14.0. The Labute approximate surface area is 149 Å². The van der Waals surface area contributed by atoms with E-state index in [2.05, 4.69) is 20.4 Å². The number of hydrogen-bond donors (Lipinski definition) is 3. The van der Waals surface area contributed by atoms with E-state index in [9.17, 15) is 19.2 Å². The molecule has 0 aliphatic heterocycles. The average Bonchev–Trinajstić information content (AvgIpc) is 2.48. The molecule has 136 valence electrons. The number of hydrogen-bond acceptors (Lipinski definition) is 6. The van der Waals surface area contributed by atoms with Gasteiger partial charge in [0, 0.05) is 16.8 Å². The van der Waals surface area contributed by atoms with Gasteiger partial charge in [0.15, 0.2) is 6.61 Å². The summed E-state index contributed by atoms with van der Waals surface area (Å²) in [5.74, 6) is -2.26. The average molecular weight is 371 g/mol. The van der Waals surface area contributed by atoms with Crippen LogP contribution in [-0.4, -0.2) is 47.5 Å². The van der Waals surface area contributed by atoms with Crippen molar-refractivity contribution in [2.24, 2.45) is 0 Å². The van der Waals surface area contributed by atoms with Crippen LogP contribution >= 0.6 is 11.6 Å². The molecule has 0 aliphatic carbocycles. The fourth-order valence-corrected chi connectivity index (χ4v) is 1.66. The van der Waals surface area contributed by atoms with Crippen molar-refractivity contribution in [2.75, 3.05) is 13.2 Å². The molecule has 1 heterocycles. The number of amides is 4. The number of esters is 1. The van der Waals surface area contributed by atoms with Crippen LogP contribution in [0.5, 0.6) is 0 Å². The maximum absolute atomic E-state index is 11.7. The Balaban J connectivity index is 2.31. The van der Waals surface area contributed by atoms with E-state index < -0.39 is 42.5 Å². The largest absolute Gasteiger partial charge is 0.454 e. The van der Waals surface area contributed by atoms with Gasteiger partial charge in [-0.05, 0) is 32.9 Å². The number of ether oxygens (including phenoxy) is 1. The van der Waals surface area contributed by atoms with Crippen LogP contribution in [0.1, 0.15) is 31.3 Å². The molecular formula is C15H19ClN4O5. The Morgan fingerprint density at radius 1 is 1.24 bits per heavy atom. The molecule has 0 bridgehead atoms. The first-order valence-electron chi connectivity index (χ1n) is 7.24. The highest BCUT2D eigenvalue weighted by atomic mass is 35.5. The lowest BCUT2D eigenvalue weighted by molar-refractivity contribution is -0.147. The summed E-state index contributed by atoms with van der Waals surface area (Å²) in [6.07, 6.45) is 1.35. The maximum atomic E-state index is 11.7. The second kappa shape index (κ2) is 8.97. The molecule has 0 aliphatic rings. The highest BCUT2D eigenvalue weighted by Gasteiger charge is 2.17. The van der Waals surface area contributed by atoms with E-state index in [1.54, 1.807) is 20.8 Å². The van der Waals surface area contributed by atoms with Crippen molar-refractivity contribution in [2.45, 2.75) is 26.3 Å². The number of halogens is 1. The number of pyridine rings is 1. The number of aromatic nitrogens is 1. The van der Waals surface area contributed by atoms with Crippen molar-refractivity contribution in [1.82, 2.24) is 20.9 Å². The predicted molar refractivity (Wildman–Crippen MR) is 89.0 cm³/mol. The van der Waals surface area contributed by atoms with Gasteiger partial charge in [-0.3, -0.25) is 24.7 Å². The van der Waals surface area contributed by atoms with Gasteiger partial charge in [-0.1, -0.05) is 11.6 Å². The van der Waals surface area contributed by atoms with E-state index in [0.29, 0.717) is 5.02 Å². The van der Waals surface area contributed by atoms with Gasteiger partial charge in [0.05, 0.1) is 0 Å². The lowest BCUT2D eigenvalue weighted by Gasteiger charge is -2.20. The molecule has 0 spiro atoms. The molecule has 0 fully saturated rings. The number of carbonyl (C=O) groups excluding carboxylic acids is 4. The summed E-state index contributed by atoms with van der Waals surface area (Å²) in [7, 11) is 0. The van der Waals surface area contributed by atoms with Gasteiger partial charge in [-0.25, -0.2) is 4.79 Å². The first-order valence-corrected chi connectivity index (χ1v) is 7.62. The minimum atomic E-state index is -0.846. The molecule has 0 saturated carbocycles. The van der Waals surface area contributed by atoms with Gasteiger partial charge < -0.3 is 15.4 Å². The molecule has 1 aromatic rings. The molecule has 25 heavy (non-hydrogen) atoms. The number of urea groups is 1. The van der Waals surface area contributed by atoms with Crippen LogP contribution in [0.25, 0.3) is 0 Å². The molecule has 1 aromatic heterocycles. The number of imide groups is 1. The Morgan fingerprint density at radius 3 is 2.52 bits per heavy atom. The van der Waals surface area contributed by atoms with Crippen molar-refractivity contribution in [3.8, 4) is 0 Å². The molecule has 0 saturated heterocycles. The van der Waals surface area contributed by atoms with Gasteiger partial charge in [-0.2, -0.15) is 0 Å². The lowest BCUT2D eigenvalue weighted by atomic mass is 10.1. The zero-order valence-corrected chi connectivity index (χ0v) is 14.8. The van der Waals surface area contributed by atoms with Crippen LogP contribution in [0.2, 0.25) is 5.02 Å². The van der Waals surface area contributed by atoms with Gasteiger partial charge in [0.2, 0.25) is 0 Å². The van der Waals surface area contributed by atoms with Crippen molar-refractivity contribution in [3.05, 3.63) is 29.0 Å². The van der Waals surface area contributed by atoms with Crippen LogP contribution in [0.15, 0.2) is 18.3 Å². The van der Waals surface area contributed by atoms with E-state index >= 15 is 0 Å². The maximum Gasteiger partial charge on any atom is 0.325 e. The van der Waals surface area contributed by atoms with Crippen molar-refractivity contribution >= 4 is 35.4 Å². The Bertz CT molecular complexity index is 672. The summed E-state index contributed by atoms with van der Waals surface area (Å²) in [4.78, 5) is 50.0. The highest BCUT2D eigenvalue weighted by Crippen LogP contribution is 2.07. The monoisotopic (exact) mass is 370 g/mol. The van der Waals surface area contributed by atoms with Crippen LogP contribution in [0.4, 0.5) is 4.79 Å². The molecule has 3 N–H and O–H groups in total. The first kappa shape index (κ1) is 20.4. The summed E-state index contributed by atoms with van der Waals surface area (Å²) in [5, 5.41) is 7.13. The third-order valence-electron chi connectivity index (χ3n) is 2.45. The summed E-state index contributed by atoms with van der Waals surface area (Å²) in [6.45, 7) is 4.12. The lowest BCUT2D eigenvalue weighted by Crippen LogP contribution is -2.49. The second-order valence-corrected chi connectivity index (χ2v) is 6.39. The summed E-state index contributed by atoms with van der Waals surface area (Å²) in [5.41, 5.74) is -0.475. The van der Waals surface area contributed by atoms with Crippen molar-refractivity contribution in [1.29, 1.82) is 0 Å². The van der Waals surface area contributed by atoms with Crippen LogP contribution < -0.4 is 16.0 Å². The van der Waals surface area contributed by atoms with Crippen LogP contribution in [-0.2, 0) is 14.3 Å². The highest BCUT2D eigenvalue weighted by molar-refractivity contribution is 6.30. The summed E-state index contributed by atoms with van der Waals surface area (Å²) >= 11 is 5.73. The third kappa shape index (κ3) is 8.66. The minimum Gasteiger partial charge on any atom is -0.454 e. The third-order valence-corrected chi connectivity index (χ3v) is 2.69. The molecule has 4 amide bonds. The number of nitrogens with zero attached hydrogens (tertiary/aromatic N) is 1. The van der Waals surface area contributed by atoms with E-state index in [-0.39, 0.29) is 5.69 Å². The number of rotatable bonds is 5. The Hall–Kier alpha value is -2.68. The molecule has 0 radical (unpaired) electrons. The molecule has 9 nitrogen and oxygen atoms in total. The van der Waals surface area contributed by atoms with E-state index in [1.165, 1.54) is 18.3 Å². The summed E-state index contributed by atoms with van der Waals surface area (Å²) < 4.78 is 4.65. The van der Waals surface area contributed by atoms with Gasteiger partial charge in [0.1, 0.15) is 12.2 Å². The zero-order chi connectivity index (χ0) is 19.0. The summed E-state index contributed by atoms with van der Waals surface area (Å²) in [6, 6.07) is 2.14. The smallest absolute Gasteiger partial charge is 0.325 e. The van der Waals surface area contributed by atoms with Crippen molar-refractivity contribution < 1.29 is 23.9 Å². The molecule has 0 unspecified atom stereocenters. The Morgan fingerprint density at radius 2 is 1.92 bits per heavy atom. The topological polar surface area (TPSA) is 126 Å².